The van der Waals surface area contributed by atoms with E-state index in [1.807, 2.05) is 41.8 Å². The van der Waals surface area contributed by atoms with E-state index in [0.717, 1.165) is 34.0 Å². The van der Waals surface area contributed by atoms with Crippen molar-refractivity contribution >= 4 is 27.3 Å². The van der Waals surface area contributed by atoms with Crippen LogP contribution < -0.4 is 0 Å². The minimum Gasteiger partial charge on any atom is -0.330 e. The second kappa shape index (κ2) is 9.36. The van der Waals surface area contributed by atoms with E-state index in [-0.39, 0.29) is 29.9 Å². The highest BCUT2D eigenvalue weighted by Gasteiger charge is 2.35. The molecule has 166 valence electrons. The van der Waals surface area contributed by atoms with Gasteiger partial charge in [0.15, 0.2) is 0 Å². The summed E-state index contributed by atoms with van der Waals surface area (Å²) in [5.74, 6) is -0.816. The smallest absolute Gasteiger partial charge is 0.243 e. The van der Waals surface area contributed by atoms with E-state index < -0.39 is 15.8 Å². The summed E-state index contributed by atoms with van der Waals surface area (Å²) < 4.78 is 40.7. The predicted octanol–water partition coefficient (Wildman–Crippen LogP) is 4.24. The summed E-state index contributed by atoms with van der Waals surface area (Å²) >= 11 is 1.67. The number of sulfonamides is 1. The third-order valence-corrected chi connectivity index (χ3v) is 8.32. The van der Waals surface area contributed by atoms with E-state index in [0.29, 0.717) is 6.54 Å². The van der Waals surface area contributed by atoms with Crippen molar-refractivity contribution < 1.29 is 17.6 Å². The maximum atomic E-state index is 13.5. The highest BCUT2D eigenvalue weighted by atomic mass is 32.2. The van der Waals surface area contributed by atoms with Crippen LogP contribution in [0.2, 0.25) is 0 Å². The van der Waals surface area contributed by atoms with Crippen molar-refractivity contribution in [1.82, 2.24) is 9.21 Å². The van der Waals surface area contributed by atoms with Gasteiger partial charge >= 0.3 is 0 Å². The third-order valence-electron chi connectivity index (χ3n) is 5.50. The van der Waals surface area contributed by atoms with E-state index in [1.54, 1.807) is 16.2 Å². The minimum atomic E-state index is -4.00. The van der Waals surface area contributed by atoms with E-state index in [4.69, 9.17) is 0 Å². The summed E-state index contributed by atoms with van der Waals surface area (Å²) in [6.07, 6.45) is 2.17. The maximum Gasteiger partial charge on any atom is 0.243 e. The van der Waals surface area contributed by atoms with Crippen molar-refractivity contribution in [3.05, 3.63) is 101 Å². The number of carbonyl (C=O) groups is 1. The summed E-state index contributed by atoms with van der Waals surface area (Å²) in [7, 11) is -4.00. The lowest BCUT2D eigenvalue weighted by Crippen LogP contribution is -2.46. The molecular formula is C24H23FN2O3S2. The number of hydrogen-bond acceptors (Lipinski definition) is 4. The van der Waals surface area contributed by atoms with Crippen LogP contribution in [0.1, 0.15) is 22.0 Å². The van der Waals surface area contributed by atoms with Crippen LogP contribution in [0.15, 0.2) is 83.6 Å². The molecule has 3 aromatic rings. The molecule has 0 radical (unpaired) electrons. The fraction of sp³-hybridized carbons (Fsp3) is 0.208. The molecule has 0 N–H and O–H groups in total. The molecule has 0 bridgehead atoms. The van der Waals surface area contributed by atoms with Crippen molar-refractivity contribution in [2.24, 2.45) is 0 Å². The number of fused-ring (bicyclic) bond motifs is 1. The normalized spacial score (nSPS) is 16.1. The van der Waals surface area contributed by atoms with Crippen LogP contribution in [0.4, 0.5) is 4.39 Å². The fourth-order valence-electron chi connectivity index (χ4n) is 3.97. The number of hydrogen-bond donors (Lipinski definition) is 0. The zero-order valence-corrected chi connectivity index (χ0v) is 19.0. The van der Waals surface area contributed by atoms with Gasteiger partial charge < -0.3 is 4.90 Å². The molecule has 0 saturated carbocycles. The second-order valence-electron chi connectivity index (χ2n) is 7.49. The largest absolute Gasteiger partial charge is 0.330 e. The Balaban J connectivity index is 1.64. The average Bonchev–Trinajstić information content (AvgIpc) is 3.28. The lowest BCUT2D eigenvalue weighted by atomic mass is 9.93. The van der Waals surface area contributed by atoms with Gasteiger partial charge in [0.25, 0.3) is 0 Å². The molecule has 2 aromatic carbocycles. The first-order valence-corrected chi connectivity index (χ1v) is 12.5. The number of carbonyl (C=O) groups excluding carboxylic acids is 1. The van der Waals surface area contributed by atoms with E-state index in [9.17, 15) is 17.6 Å². The fourth-order valence-corrected chi connectivity index (χ4v) is 6.23. The Bertz CT molecular complexity index is 1210. The van der Waals surface area contributed by atoms with Crippen LogP contribution in [-0.4, -0.2) is 43.2 Å². The van der Waals surface area contributed by atoms with Crippen LogP contribution in [-0.2, 0) is 21.2 Å². The minimum absolute atomic E-state index is 0.0288. The van der Waals surface area contributed by atoms with Gasteiger partial charge in [-0.25, -0.2) is 12.8 Å². The van der Waals surface area contributed by atoms with Crippen LogP contribution in [0, 0.1) is 5.82 Å². The Kier molecular flexibility index (Phi) is 6.55. The van der Waals surface area contributed by atoms with Crippen LogP contribution in [0.5, 0.6) is 0 Å². The third kappa shape index (κ3) is 4.39. The number of nitrogens with zero attached hydrogens (tertiary/aromatic N) is 2. The average molecular weight is 471 g/mol. The molecule has 5 nitrogen and oxygen atoms in total. The van der Waals surface area contributed by atoms with Crippen molar-refractivity contribution in [2.75, 3.05) is 19.6 Å². The number of benzene rings is 2. The molecule has 1 amide bonds. The van der Waals surface area contributed by atoms with Crippen LogP contribution >= 0.6 is 11.3 Å². The Hall–Kier alpha value is -2.81. The van der Waals surface area contributed by atoms with Gasteiger partial charge in [0.05, 0.1) is 17.5 Å². The van der Waals surface area contributed by atoms with Gasteiger partial charge in [0, 0.05) is 18.0 Å². The summed E-state index contributed by atoms with van der Waals surface area (Å²) in [4.78, 5) is 16.4. The van der Waals surface area contributed by atoms with Gasteiger partial charge in [-0.05, 0) is 53.3 Å². The summed E-state index contributed by atoms with van der Waals surface area (Å²) in [5, 5.41) is 2.03. The summed E-state index contributed by atoms with van der Waals surface area (Å²) in [5.41, 5.74) is 2.06. The Morgan fingerprint density at radius 3 is 2.56 bits per heavy atom. The molecule has 0 fully saturated rings. The first-order chi connectivity index (χ1) is 15.4. The van der Waals surface area contributed by atoms with Gasteiger partial charge in [-0.2, -0.15) is 4.31 Å². The molecule has 1 unspecified atom stereocenters. The molecular weight excluding hydrogens is 447 g/mol. The number of thiophene rings is 1. The lowest BCUT2D eigenvalue weighted by Gasteiger charge is -2.37. The van der Waals surface area contributed by atoms with E-state index in [2.05, 4.69) is 6.58 Å². The van der Waals surface area contributed by atoms with Gasteiger partial charge in [-0.15, -0.1) is 17.9 Å². The number of halogens is 1. The molecule has 0 saturated heterocycles. The Morgan fingerprint density at radius 1 is 1.16 bits per heavy atom. The topological polar surface area (TPSA) is 57.7 Å². The van der Waals surface area contributed by atoms with Gasteiger partial charge in [-0.1, -0.05) is 36.4 Å². The predicted molar refractivity (Wildman–Crippen MR) is 123 cm³/mol. The maximum absolute atomic E-state index is 13.5. The van der Waals surface area contributed by atoms with Gasteiger partial charge in [-0.3, -0.25) is 4.79 Å². The van der Waals surface area contributed by atoms with Crippen LogP contribution in [0.3, 0.4) is 0 Å². The quantitative estimate of drug-likeness (QED) is 0.486. The first-order valence-electron chi connectivity index (χ1n) is 10.2. The zero-order valence-electron chi connectivity index (χ0n) is 17.4. The monoisotopic (exact) mass is 470 g/mol. The number of amides is 1. The highest BCUT2D eigenvalue weighted by Crippen LogP contribution is 2.37. The van der Waals surface area contributed by atoms with E-state index >= 15 is 0 Å². The number of rotatable bonds is 7. The van der Waals surface area contributed by atoms with E-state index in [1.165, 1.54) is 23.1 Å². The molecule has 1 atom stereocenters. The summed E-state index contributed by atoms with van der Waals surface area (Å²) in [6.45, 7) is 3.79. The van der Waals surface area contributed by atoms with Gasteiger partial charge in [0.2, 0.25) is 15.9 Å². The molecule has 0 aliphatic carbocycles. The first kappa shape index (κ1) is 22.4. The molecule has 1 aromatic heterocycles. The molecule has 32 heavy (non-hydrogen) atoms. The molecule has 1 aliphatic heterocycles. The SMILES string of the molecule is C=CCN(CC(=O)N1CCc2sccc2C1c1ccccc1)S(=O)(=O)c1ccc(F)cc1. The molecule has 1 aliphatic rings. The Morgan fingerprint density at radius 2 is 1.88 bits per heavy atom. The second-order valence-corrected chi connectivity index (χ2v) is 10.4. The molecule has 2 heterocycles. The standard InChI is InChI=1S/C24H23FN2O3S2/c1-2-14-26(32(29,30)20-10-8-19(25)9-11-20)17-23(28)27-15-12-22-21(13-16-31-22)24(27)18-6-4-3-5-7-18/h2-11,13,16,24H,1,12,14-15,17H2. The van der Waals surface area contributed by atoms with Crippen molar-refractivity contribution in [2.45, 2.75) is 17.4 Å². The highest BCUT2D eigenvalue weighted by molar-refractivity contribution is 7.89. The Labute approximate surface area is 191 Å². The molecule has 8 heteroatoms. The van der Waals surface area contributed by atoms with Crippen molar-refractivity contribution in [3.63, 3.8) is 0 Å². The van der Waals surface area contributed by atoms with Crippen LogP contribution in [0.25, 0.3) is 0 Å². The van der Waals surface area contributed by atoms with Gasteiger partial charge in [0.1, 0.15) is 5.82 Å². The summed E-state index contributed by atoms with van der Waals surface area (Å²) in [6, 6.07) is 16.1. The molecule has 4 rings (SSSR count). The van der Waals surface area contributed by atoms with Crippen molar-refractivity contribution in [3.8, 4) is 0 Å². The molecule has 0 spiro atoms. The lowest BCUT2D eigenvalue weighted by molar-refractivity contribution is -0.133. The van der Waals surface area contributed by atoms with Crippen molar-refractivity contribution in [1.29, 1.82) is 0 Å². The zero-order chi connectivity index (χ0) is 22.7.